The average molecular weight is 292 g/mol. The Labute approximate surface area is 127 Å². The first-order valence-corrected chi connectivity index (χ1v) is 6.81. The summed E-state index contributed by atoms with van der Waals surface area (Å²) in [5, 5.41) is 7.00. The van der Waals surface area contributed by atoms with Gasteiger partial charge in [0.25, 0.3) is 0 Å². The van der Waals surface area contributed by atoms with Crippen molar-refractivity contribution in [1.29, 1.82) is 0 Å². The molecular formula is C18H13FN2O. The van der Waals surface area contributed by atoms with Crippen molar-refractivity contribution in [2.24, 2.45) is 0 Å². The maximum Gasteiger partial charge on any atom is 0.185 e. The van der Waals surface area contributed by atoms with Crippen LogP contribution in [-0.4, -0.2) is 16.0 Å². The predicted molar refractivity (Wildman–Crippen MR) is 83.8 cm³/mol. The Kier molecular flexibility index (Phi) is 3.92. The molecule has 1 heterocycles. The molecule has 0 amide bonds. The Balaban J connectivity index is 1.75. The summed E-state index contributed by atoms with van der Waals surface area (Å²) in [5.41, 5.74) is 2.86. The Morgan fingerprint density at radius 2 is 1.77 bits per heavy atom. The average Bonchev–Trinajstić information content (AvgIpc) is 3.03. The second-order valence-electron chi connectivity index (χ2n) is 4.78. The fourth-order valence-corrected chi connectivity index (χ4v) is 2.05. The molecule has 2 aromatic carbocycles. The molecule has 0 aliphatic rings. The first-order chi connectivity index (χ1) is 10.7. The largest absolute Gasteiger partial charge is 0.289 e. The number of allylic oxidation sites excluding steroid dienone is 1. The van der Waals surface area contributed by atoms with Gasteiger partial charge in [-0.05, 0) is 42.5 Å². The minimum absolute atomic E-state index is 0.0708. The van der Waals surface area contributed by atoms with E-state index in [9.17, 15) is 9.18 Å². The quantitative estimate of drug-likeness (QED) is 0.581. The molecule has 1 aromatic heterocycles. The van der Waals surface area contributed by atoms with E-state index in [4.69, 9.17) is 0 Å². The van der Waals surface area contributed by atoms with E-state index in [0.717, 1.165) is 5.56 Å². The molecule has 1 N–H and O–H groups in total. The van der Waals surface area contributed by atoms with Crippen LogP contribution in [0.1, 0.15) is 16.1 Å². The van der Waals surface area contributed by atoms with E-state index >= 15 is 0 Å². The number of nitrogens with zero attached hydrogens (tertiary/aromatic N) is 1. The van der Waals surface area contributed by atoms with Crippen LogP contribution in [0.3, 0.4) is 0 Å². The fourth-order valence-electron chi connectivity index (χ4n) is 2.05. The zero-order chi connectivity index (χ0) is 15.4. The van der Waals surface area contributed by atoms with Crippen LogP contribution in [0.15, 0.2) is 66.7 Å². The van der Waals surface area contributed by atoms with Gasteiger partial charge in [0.2, 0.25) is 0 Å². The van der Waals surface area contributed by atoms with Gasteiger partial charge in [-0.1, -0.05) is 30.3 Å². The van der Waals surface area contributed by atoms with Gasteiger partial charge in [-0.2, -0.15) is 5.10 Å². The summed E-state index contributed by atoms with van der Waals surface area (Å²) in [4.78, 5) is 12.0. The number of rotatable bonds is 4. The molecule has 0 unspecified atom stereocenters. The van der Waals surface area contributed by atoms with Crippen molar-refractivity contribution < 1.29 is 9.18 Å². The van der Waals surface area contributed by atoms with E-state index in [1.54, 1.807) is 30.3 Å². The van der Waals surface area contributed by atoms with Crippen molar-refractivity contribution in [2.75, 3.05) is 0 Å². The standard InChI is InChI=1S/C18H13FN2O/c19-15-8-6-13(7-9-15)17-12-16(20-21-17)10-11-18(22)14-4-2-1-3-5-14/h1-12H,(H,20,21)/b11-10+. The van der Waals surface area contributed by atoms with Gasteiger partial charge in [0.05, 0.1) is 11.4 Å². The molecular weight excluding hydrogens is 279 g/mol. The van der Waals surface area contributed by atoms with Crippen molar-refractivity contribution in [3.63, 3.8) is 0 Å². The van der Waals surface area contributed by atoms with E-state index in [1.165, 1.54) is 18.2 Å². The number of H-pyrrole nitrogens is 1. The van der Waals surface area contributed by atoms with Crippen LogP contribution in [0.5, 0.6) is 0 Å². The maximum atomic E-state index is 12.9. The molecule has 108 valence electrons. The molecule has 0 aliphatic heterocycles. The SMILES string of the molecule is O=C(/C=C/c1cc(-c2ccc(F)cc2)n[nH]1)c1ccccc1. The highest BCUT2D eigenvalue weighted by Crippen LogP contribution is 2.18. The lowest BCUT2D eigenvalue weighted by atomic mass is 10.1. The number of halogens is 1. The molecule has 0 spiro atoms. The highest BCUT2D eigenvalue weighted by Gasteiger charge is 2.04. The van der Waals surface area contributed by atoms with E-state index in [2.05, 4.69) is 10.2 Å². The summed E-state index contributed by atoms with van der Waals surface area (Å²) in [6.45, 7) is 0. The van der Waals surface area contributed by atoms with Crippen LogP contribution < -0.4 is 0 Å². The van der Waals surface area contributed by atoms with Gasteiger partial charge < -0.3 is 0 Å². The van der Waals surface area contributed by atoms with Crippen LogP contribution in [0.25, 0.3) is 17.3 Å². The molecule has 0 saturated heterocycles. The third-order valence-corrected chi connectivity index (χ3v) is 3.21. The third kappa shape index (κ3) is 3.17. The number of hydrogen-bond donors (Lipinski definition) is 1. The first kappa shape index (κ1) is 13.9. The summed E-state index contributed by atoms with van der Waals surface area (Å²) >= 11 is 0. The number of carbonyl (C=O) groups excluding carboxylic acids is 1. The summed E-state index contributed by atoms with van der Waals surface area (Å²) in [5.74, 6) is -0.355. The molecule has 0 bridgehead atoms. The summed E-state index contributed by atoms with van der Waals surface area (Å²) in [6, 6.07) is 17.0. The van der Waals surface area contributed by atoms with Crippen LogP contribution in [0.4, 0.5) is 4.39 Å². The molecule has 22 heavy (non-hydrogen) atoms. The fraction of sp³-hybridized carbons (Fsp3) is 0. The minimum atomic E-state index is -0.284. The third-order valence-electron chi connectivity index (χ3n) is 3.21. The second-order valence-corrected chi connectivity index (χ2v) is 4.78. The zero-order valence-electron chi connectivity index (χ0n) is 11.7. The molecule has 0 fully saturated rings. The second kappa shape index (κ2) is 6.18. The molecule has 0 saturated carbocycles. The summed E-state index contributed by atoms with van der Waals surface area (Å²) in [7, 11) is 0. The van der Waals surface area contributed by atoms with Gasteiger partial charge >= 0.3 is 0 Å². The van der Waals surface area contributed by atoms with Crippen LogP contribution >= 0.6 is 0 Å². The van der Waals surface area contributed by atoms with Gasteiger partial charge in [-0.15, -0.1) is 0 Å². The summed E-state index contributed by atoms with van der Waals surface area (Å²) < 4.78 is 12.9. The number of benzene rings is 2. The van der Waals surface area contributed by atoms with Gasteiger partial charge in [0.15, 0.2) is 5.78 Å². The first-order valence-electron chi connectivity index (χ1n) is 6.81. The van der Waals surface area contributed by atoms with Crippen LogP contribution in [0.2, 0.25) is 0 Å². The van der Waals surface area contributed by atoms with Gasteiger partial charge in [-0.25, -0.2) is 4.39 Å². The van der Waals surface area contributed by atoms with E-state index in [0.29, 0.717) is 17.0 Å². The lowest BCUT2D eigenvalue weighted by Crippen LogP contribution is -1.92. The normalized spacial score (nSPS) is 11.0. The molecule has 0 aliphatic carbocycles. The van der Waals surface area contributed by atoms with Crippen molar-refractivity contribution >= 4 is 11.9 Å². The van der Waals surface area contributed by atoms with E-state index in [1.807, 2.05) is 24.3 Å². The van der Waals surface area contributed by atoms with Gasteiger partial charge in [0, 0.05) is 11.1 Å². The van der Waals surface area contributed by atoms with Crippen molar-refractivity contribution in [1.82, 2.24) is 10.2 Å². The molecule has 3 rings (SSSR count). The van der Waals surface area contributed by atoms with E-state index in [-0.39, 0.29) is 11.6 Å². The van der Waals surface area contributed by atoms with Crippen LogP contribution in [-0.2, 0) is 0 Å². The topological polar surface area (TPSA) is 45.8 Å². The number of ketones is 1. The smallest absolute Gasteiger partial charge is 0.185 e. The number of carbonyl (C=O) groups is 1. The Hall–Kier alpha value is -3.01. The number of aromatic nitrogens is 2. The molecule has 0 radical (unpaired) electrons. The van der Waals surface area contributed by atoms with Crippen LogP contribution in [0, 0.1) is 5.82 Å². The van der Waals surface area contributed by atoms with E-state index < -0.39 is 0 Å². The highest BCUT2D eigenvalue weighted by molar-refractivity contribution is 6.06. The Morgan fingerprint density at radius 3 is 2.50 bits per heavy atom. The van der Waals surface area contributed by atoms with Crippen molar-refractivity contribution in [3.05, 3.63) is 83.8 Å². The Bertz CT molecular complexity index is 805. The lowest BCUT2D eigenvalue weighted by Gasteiger charge is -1.94. The summed E-state index contributed by atoms with van der Waals surface area (Å²) in [6.07, 6.45) is 3.17. The predicted octanol–water partition coefficient (Wildman–Crippen LogP) is 4.11. The zero-order valence-corrected chi connectivity index (χ0v) is 11.7. The molecule has 0 atom stereocenters. The Morgan fingerprint density at radius 1 is 1.05 bits per heavy atom. The van der Waals surface area contributed by atoms with Crippen molar-refractivity contribution in [3.8, 4) is 11.3 Å². The number of hydrogen-bond acceptors (Lipinski definition) is 2. The van der Waals surface area contributed by atoms with Crippen molar-refractivity contribution in [2.45, 2.75) is 0 Å². The number of aromatic amines is 1. The maximum absolute atomic E-state index is 12.9. The molecule has 3 aromatic rings. The van der Waals surface area contributed by atoms with Gasteiger partial charge in [0.1, 0.15) is 5.82 Å². The minimum Gasteiger partial charge on any atom is -0.289 e. The monoisotopic (exact) mass is 292 g/mol. The lowest BCUT2D eigenvalue weighted by molar-refractivity contribution is 0.104. The number of nitrogens with one attached hydrogen (secondary N) is 1. The highest BCUT2D eigenvalue weighted by atomic mass is 19.1. The van der Waals surface area contributed by atoms with Gasteiger partial charge in [-0.3, -0.25) is 9.89 Å². The molecule has 4 heteroatoms. The molecule has 3 nitrogen and oxygen atoms in total.